The summed E-state index contributed by atoms with van der Waals surface area (Å²) in [5, 5.41) is 9.28. The molecule has 2 heteroatoms. The van der Waals surface area contributed by atoms with Gasteiger partial charge >= 0.3 is 0 Å². The van der Waals surface area contributed by atoms with Gasteiger partial charge in [0.1, 0.15) is 5.78 Å². The third-order valence-corrected chi connectivity index (χ3v) is 10.8. The predicted molar refractivity (Wildman–Crippen MR) is 129 cm³/mol. The van der Waals surface area contributed by atoms with Crippen LogP contribution in [-0.4, -0.2) is 17.5 Å². The molecule has 0 aromatic rings. The number of hydrogen-bond acceptors (Lipinski definition) is 2. The van der Waals surface area contributed by atoms with Crippen LogP contribution in [0.4, 0.5) is 0 Å². The minimum absolute atomic E-state index is 0.192. The number of hydrogen-bond donors (Lipinski definition) is 1. The van der Waals surface area contributed by atoms with E-state index in [2.05, 4.69) is 46.8 Å². The van der Waals surface area contributed by atoms with E-state index >= 15 is 0 Å². The zero-order chi connectivity index (χ0) is 22.6. The van der Waals surface area contributed by atoms with Crippen LogP contribution in [0, 0.1) is 45.8 Å². The zero-order valence-corrected chi connectivity index (χ0v) is 21.0. The molecule has 0 radical (unpaired) electrons. The maximum Gasteiger partial charge on any atom is 0.142 e. The molecular weight excluding hydrogens is 380 g/mol. The van der Waals surface area contributed by atoms with Crippen molar-refractivity contribution in [2.24, 2.45) is 45.8 Å². The van der Waals surface area contributed by atoms with Crippen LogP contribution in [0.3, 0.4) is 0 Å². The van der Waals surface area contributed by atoms with Crippen LogP contribution in [0.15, 0.2) is 23.3 Å². The lowest BCUT2D eigenvalue weighted by atomic mass is 9.44. The first-order valence-electron chi connectivity index (χ1n) is 13.1. The standard InChI is InChI=1S/C29H46O2/c1-19(18-30)8-7-9-20(2)22-11-12-23-21-10-13-25-27(3,4)26(31)15-17-29(25,6)24(21)14-16-28(22,23)5/h8,13,20-24,30H,7,9-12,14-18H2,1-6H3/b19-8-/t20-,21+,22-,23+,24+,28-,29-/m1/s1. The summed E-state index contributed by atoms with van der Waals surface area (Å²) >= 11 is 0. The Kier molecular flexibility index (Phi) is 6.12. The molecule has 0 spiro atoms. The van der Waals surface area contributed by atoms with Crippen molar-refractivity contribution in [3.63, 3.8) is 0 Å². The number of aliphatic hydroxyl groups is 1. The van der Waals surface area contributed by atoms with Crippen LogP contribution in [0.25, 0.3) is 0 Å². The first-order chi connectivity index (χ1) is 14.6. The summed E-state index contributed by atoms with van der Waals surface area (Å²) < 4.78 is 0. The summed E-state index contributed by atoms with van der Waals surface area (Å²) in [6.07, 6.45) is 15.7. The molecule has 7 atom stereocenters. The number of carbonyl (C=O) groups excluding carboxylic acids is 1. The van der Waals surface area contributed by atoms with Crippen molar-refractivity contribution in [3.05, 3.63) is 23.3 Å². The molecule has 0 aromatic heterocycles. The number of Topliss-reactive ketones (excluding diaryl/α,β-unsaturated/α-hetero) is 1. The van der Waals surface area contributed by atoms with Crippen LogP contribution < -0.4 is 0 Å². The Morgan fingerprint density at radius 2 is 1.90 bits per heavy atom. The van der Waals surface area contributed by atoms with Gasteiger partial charge in [0.2, 0.25) is 0 Å². The summed E-state index contributed by atoms with van der Waals surface area (Å²) in [5.41, 5.74) is 3.05. The number of fused-ring (bicyclic) bond motifs is 5. The second-order valence-corrected chi connectivity index (χ2v) is 12.7. The second-order valence-electron chi connectivity index (χ2n) is 12.7. The fourth-order valence-electron chi connectivity index (χ4n) is 9.05. The first-order valence-corrected chi connectivity index (χ1v) is 13.1. The molecule has 0 heterocycles. The molecule has 4 aliphatic rings. The zero-order valence-electron chi connectivity index (χ0n) is 21.0. The molecular formula is C29H46O2. The SMILES string of the molecule is C/C(=C/CC[C@@H](C)[C@H]1CC[C@H]2[C@@H]3CC=C4C(C)(C)C(=O)CC[C@]4(C)[C@H]3CC[C@]12C)CO. The minimum Gasteiger partial charge on any atom is -0.392 e. The largest absolute Gasteiger partial charge is 0.392 e. The van der Waals surface area contributed by atoms with E-state index in [9.17, 15) is 9.90 Å². The quantitative estimate of drug-likeness (QED) is 0.475. The summed E-state index contributed by atoms with van der Waals surface area (Å²) in [6.45, 7) is 14.2. The summed E-state index contributed by atoms with van der Waals surface area (Å²) in [7, 11) is 0. The summed E-state index contributed by atoms with van der Waals surface area (Å²) in [5.74, 6) is 4.47. The van der Waals surface area contributed by atoms with E-state index < -0.39 is 0 Å². The maximum atomic E-state index is 12.7. The molecule has 0 amide bonds. The molecule has 4 aliphatic carbocycles. The summed E-state index contributed by atoms with van der Waals surface area (Å²) in [6, 6.07) is 0. The highest BCUT2D eigenvalue weighted by Gasteiger charge is 2.61. The van der Waals surface area contributed by atoms with E-state index in [1.54, 1.807) is 0 Å². The number of ketones is 1. The molecule has 0 bridgehead atoms. The Morgan fingerprint density at radius 3 is 2.61 bits per heavy atom. The molecule has 1 N–H and O–H groups in total. The van der Waals surface area contributed by atoms with E-state index in [0.29, 0.717) is 11.2 Å². The highest BCUT2D eigenvalue weighted by molar-refractivity contribution is 5.89. The van der Waals surface area contributed by atoms with Gasteiger partial charge in [-0.2, -0.15) is 0 Å². The van der Waals surface area contributed by atoms with E-state index in [1.165, 1.54) is 44.1 Å². The molecule has 31 heavy (non-hydrogen) atoms. The lowest BCUT2D eigenvalue weighted by Crippen LogP contribution is -2.53. The lowest BCUT2D eigenvalue weighted by molar-refractivity contribution is -0.132. The molecule has 2 nitrogen and oxygen atoms in total. The predicted octanol–water partition coefficient (Wildman–Crippen LogP) is 7.13. The average molecular weight is 427 g/mol. The van der Waals surface area contributed by atoms with E-state index in [0.717, 1.165) is 54.4 Å². The van der Waals surface area contributed by atoms with Gasteiger partial charge in [0.15, 0.2) is 0 Å². The van der Waals surface area contributed by atoms with E-state index in [4.69, 9.17) is 0 Å². The van der Waals surface area contributed by atoms with E-state index in [-0.39, 0.29) is 17.4 Å². The van der Waals surface area contributed by atoms with Crippen molar-refractivity contribution >= 4 is 5.78 Å². The molecule has 4 rings (SSSR count). The maximum absolute atomic E-state index is 12.7. The topological polar surface area (TPSA) is 37.3 Å². The molecule has 3 fully saturated rings. The van der Waals surface area contributed by atoms with Crippen LogP contribution in [0.2, 0.25) is 0 Å². The van der Waals surface area contributed by atoms with Crippen LogP contribution >= 0.6 is 0 Å². The van der Waals surface area contributed by atoms with Gasteiger partial charge in [-0.15, -0.1) is 0 Å². The lowest BCUT2D eigenvalue weighted by Gasteiger charge is -2.60. The first kappa shape index (κ1) is 23.3. The Hall–Kier alpha value is -0.890. The number of aliphatic hydroxyl groups excluding tert-OH is 1. The van der Waals surface area contributed by atoms with Gasteiger partial charge in [-0.1, -0.05) is 44.1 Å². The number of carbonyl (C=O) groups is 1. The molecule has 0 aliphatic heterocycles. The van der Waals surface area contributed by atoms with Gasteiger partial charge in [-0.3, -0.25) is 4.79 Å². The van der Waals surface area contributed by atoms with Gasteiger partial charge in [0, 0.05) is 11.8 Å². The Balaban J connectivity index is 1.54. The second kappa shape index (κ2) is 8.15. The molecule has 0 aromatic carbocycles. The van der Waals surface area contributed by atoms with Crippen LogP contribution in [0.5, 0.6) is 0 Å². The van der Waals surface area contributed by atoms with Gasteiger partial charge < -0.3 is 5.11 Å². The third kappa shape index (κ3) is 3.60. The Morgan fingerprint density at radius 1 is 1.16 bits per heavy atom. The van der Waals surface area contributed by atoms with Crippen molar-refractivity contribution in [2.45, 2.75) is 99.3 Å². The number of rotatable bonds is 5. The van der Waals surface area contributed by atoms with Gasteiger partial charge in [0.05, 0.1) is 6.61 Å². The highest BCUT2D eigenvalue weighted by Crippen LogP contribution is 2.68. The van der Waals surface area contributed by atoms with Crippen molar-refractivity contribution in [3.8, 4) is 0 Å². The molecule has 174 valence electrons. The monoisotopic (exact) mass is 426 g/mol. The Labute approximate surface area is 191 Å². The van der Waals surface area contributed by atoms with Crippen molar-refractivity contribution in [2.75, 3.05) is 6.61 Å². The minimum atomic E-state index is -0.258. The third-order valence-electron chi connectivity index (χ3n) is 10.8. The van der Waals surface area contributed by atoms with Gasteiger partial charge in [0.25, 0.3) is 0 Å². The van der Waals surface area contributed by atoms with Crippen LogP contribution in [-0.2, 0) is 4.79 Å². The van der Waals surface area contributed by atoms with Gasteiger partial charge in [-0.05, 0) is 113 Å². The Bertz CT molecular complexity index is 774. The van der Waals surface area contributed by atoms with Crippen molar-refractivity contribution < 1.29 is 9.90 Å². The molecule has 0 saturated heterocycles. The fraction of sp³-hybridized carbons (Fsp3) is 0.828. The van der Waals surface area contributed by atoms with Crippen LogP contribution in [0.1, 0.15) is 99.3 Å². The van der Waals surface area contributed by atoms with Gasteiger partial charge in [-0.25, -0.2) is 0 Å². The average Bonchev–Trinajstić information content (AvgIpc) is 3.08. The highest BCUT2D eigenvalue weighted by atomic mass is 16.3. The smallest absolute Gasteiger partial charge is 0.142 e. The van der Waals surface area contributed by atoms with Crippen molar-refractivity contribution in [1.29, 1.82) is 0 Å². The van der Waals surface area contributed by atoms with E-state index in [1.807, 2.05) is 6.92 Å². The van der Waals surface area contributed by atoms with Crippen molar-refractivity contribution in [1.82, 2.24) is 0 Å². The summed E-state index contributed by atoms with van der Waals surface area (Å²) in [4.78, 5) is 12.7. The number of allylic oxidation sites excluding steroid dienone is 3. The fourth-order valence-corrected chi connectivity index (χ4v) is 9.05. The normalized spacial score (nSPS) is 43.0. The molecule has 3 saturated carbocycles. The molecule has 0 unspecified atom stereocenters.